The van der Waals surface area contributed by atoms with Crippen molar-refractivity contribution in [3.8, 4) is 5.75 Å². The SMILES string of the molecule is CC/C(=N\OCCCOC1CC2CCC1CC2)c1ccc(OCC(=O)N2CCOCC2)cc1. The lowest BCUT2D eigenvalue weighted by Gasteiger charge is -2.42. The molecule has 2 bridgehead atoms. The Labute approximate surface area is 197 Å². The maximum atomic E-state index is 12.2. The monoisotopic (exact) mass is 458 g/mol. The van der Waals surface area contributed by atoms with Crippen molar-refractivity contribution in [2.24, 2.45) is 17.0 Å². The molecule has 3 aliphatic carbocycles. The average Bonchev–Trinajstić information content (AvgIpc) is 2.88. The molecule has 4 aliphatic rings. The van der Waals surface area contributed by atoms with E-state index in [2.05, 4.69) is 12.1 Å². The van der Waals surface area contributed by atoms with E-state index in [1.807, 2.05) is 24.3 Å². The number of oxime groups is 1. The predicted molar refractivity (Wildman–Crippen MR) is 127 cm³/mol. The summed E-state index contributed by atoms with van der Waals surface area (Å²) in [5.74, 6) is 2.34. The topological polar surface area (TPSA) is 69.6 Å². The standard InChI is InChI=1S/C26H38N2O5/c1-2-24(27-33-15-3-14-31-25-18-20-4-6-22(25)7-5-20)21-8-10-23(11-9-21)32-19-26(29)28-12-16-30-17-13-28/h8-11,20,22,25H,2-7,12-19H2,1H3/b27-24+. The van der Waals surface area contributed by atoms with E-state index in [9.17, 15) is 4.79 Å². The summed E-state index contributed by atoms with van der Waals surface area (Å²) in [6.45, 7) is 5.87. The second kappa shape index (κ2) is 12.4. The van der Waals surface area contributed by atoms with Crippen molar-refractivity contribution in [3.63, 3.8) is 0 Å². The third-order valence-electron chi connectivity index (χ3n) is 7.12. The Morgan fingerprint density at radius 3 is 2.52 bits per heavy atom. The number of ether oxygens (including phenoxy) is 3. The summed E-state index contributed by atoms with van der Waals surface area (Å²) in [5, 5.41) is 4.35. The van der Waals surface area contributed by atoms with Crippen LogP contribution >= 0.6 is 0 Å². The van der Waals surface area contributed by atoms with Gasteiger partial charge >= 0.3 is 0 Å². The van der Waals surface area contributed by atoms with E-state index in [1.165, 1.54) is 32.1 Å². The van der Waals surface area contributed by atoms with Gasteiger partial charge in [-0.2, -0.15) is 0 Å². The minimum atomic E-state index is -0.00782. The lowest BCUT2D eigenvalue weighted by atomic mass is 9.69. The number of carbonyl (C=O) groups is 1. The molecule has 7 heteroatoms. The zero-order chi connectivity index (χ0) is 22.9. The van der Waals surface area contributed by atoms with Crippen LogP contribution in [0.25, 0.3) is 0 Å². The highest BCUT2D eigenvalue weighted by atomic mass is 16.6. The number of hydrogen-bond donors (Lipinski definition) is 0. The molecule has 1 aromatic rings. The average molecular weight is 459 g/mol. The number of rotatable bonds is 11. The molecule has 7 nitrogen and oxygen atoms in total. The van der Waals surface area contributed by atoms with E-state index in [0.29, 0.717) is 44.8 Å². The number of carbonyl (C=O) groups excluding carboxylic acids is 1. The van der Waals surface area contributed by atoms with Crippen molar-refractivity contribution in [1.29, 1.82) is 0 Å². The van der Waals surface area contributed by atoms with Crippen molar-refractivity contribution in [1.82, 2.24) is 4.90 Å². The fourth-order valence-corrected chi connectivity index (χ4v) is 5.12. The number of hydrogen-bond acceptors (Lipinski definition) is 6. The van der Waals surface area contributed by atoms with E-state index in [0.717, 1.165) is 42.6 Å². The van der Waals surface area contributed by atoms with E-state index in [-0.39, 0.29) is 12.5 Å². The molecular weight excluding hydrogens is 420 g/mol. The molecule has 1 heterocycles. The van der Waals surface area contributed by atoms with Crippen molar-refractivity contribution >= 4 is 11.6 Å². The number of benzene rings is 1. The maximum Gasteiger partial charge on any atom is 0.260 e. The molecular formula is C26H38N2O5. The van der Waals surface area contributed by atoms with Gasteiger partial charge in [-0.05, 0) is 80.2 Å². The molecule has 1 aliphatic heterocycles. The molecule has 0 N–H and O–H groups in total. The van der Waals surface area contributed by atoms with Crippen LogP contribution in [-0.2, 0) is 19.1 Å². The van der Waals surface area contributed by atoms with Gasteiger partial charge in [0.1, 0.15) is 12.4 Å². The summed E-state index contributed by atoms with van der Waals surface area (Å²) in [6, 6.07) is 7.67. The maximum absolute atomic E-state index is 12.2. The zero-order valence-corrected chi connectivity index (χ0v) is 19.9. The van der Waals surface area contributed by atoms with Crippen LogP contribution in [0, 0.1) is 11.8 Å². The minimum absolute atomic E-state index is 0.00782. The van der Waals surface area contributed by atoms with E-state index in [4.69, 9.17) is 19.0 Å². The van der Waals surface area contributed by atoms with Crippen LogP contribution in [0.5, 0.6) is 5.75 Å². The van der Waals surface area contributed by atoms with Crippen molar-refractivity contribution < 1.29 is 23.8 Å². The van der Waals surface area contributed by atoms with E-state index >= 15 is 0 Å². The highest BCUT2D eigenvalue weighted by molar-refractivity contribution is 6.00. The molecule has 182 valence electrons. The fraction of sp³-hybridized carbons (Fsp3) is 0.692. The Hall–Kier alpha value is -2.12. The summed E-state index contributed by atoms with van der Waals surface area (Å²) in [4.78, 5) is 19.6. The van der Waals surface area contributed by atoms with Gasteiger partial charge in [0.2, 0.25) is 0 Å². The van der Waals surface area contributed by atoms with Crippen LogP contribution in [0.1, 0.15) is 57.4 Å². The van der Waals surface area contributed by atoms with Crippen LogP contribution in [0.4, 0.5) is 0 Å². The number of amides is 1. The van der Waals surface area contributed by atoms with Gasteiger partial charge in [0.25, 0.3) is 5.91 Å². The van der Waals surface area contributed by atoms with Crippen molar-refractivity contribution in [2.75, 3.05) is 46.1 Å². The van der Waals surface area contributed by atoms with Gasteiger partial charge in [0.05, 0.1) is 31.6 Å². The summed E-state index contributed by atoms with van der Waals surface area (Å²) in [5.41, 5.74) is 1.90. The van der Waals surface area contributed by atoms with Gasteiger partial charge in [-0.3, -0.25) is 4.79 Å². The molecule has 33 heavy (non-hydrogen) atoms. The molecule has 0 radical (unpaired) electrons. The van der Waals surface area contributed by atoms with Crippen LogP contribution in [0.15, 0.2) is 29.4 Å². The van der Waals surface area contributed by atoms with Crippen molar-refractivity contribution in [3.05, 3.63) is 29.8 Å². The number of nitrogens with zero attached hydrogens (tertiary/aromatic N) is 2. The molecule has 4 fully saturated rings. The van der Waals surface area contributed by atoms with Crippen LogP contribution in [0.2, 0.25) is 0 Å². The van der Waals surface area contributed by atoms with E-state index < -0.39 is 0 Å². The largest absolute Gasteiger partial charge is 0.484 e. The molecule has 1 aromatic carbocycles. The van der Waals surface area contributed by atoms with Gasteiger partial charge in [-0.1, -0.05) is 12.1 Å². The molecule has 1 atom stereocenters. The number of morpholine rings is 1. The first-order chi connectivity index (χ1) is 16.2. The van der Waals surface area contributed by atoms with Gasteiger partial charge in [0.15, 0.2) is 6.61 Å². The van der Waals surface area contributed by atoms with Crippen LogP contribution in [-0.4, -0.2) is 68.7 Å². The lowest BCUT2D eigenvalue weighted by molar-refractivity contribution is -0.137. The Balaban J connectivity index is 1.15. The molecule has 0 spiro atoms. The molecule has 1 unspecified atom stereocenters. The summed E-state index contributed by atoms with van der Waals surface area (Å²) < 4.78 is 17.1. The Bertz CT molecular complexity index is 767. The first-order valence-corrected chi connectivity index (χ1v) is 12.6. The van der Waals surface area contributed by atoms with Gasteiger partial charge in [-0.15, -0.1) is 0 Å². The van der Waals surface area contributed by atoms with Gasteiger partial charge < -0.3 is 23.9 Å². The Kier molecular flexibility index (Phi) is 9.01. The number of fused-ring (bicyclic) bond motifs is 3. The first kappa shape index (κ1) is 24.0. The smallest absolute Gasteiger partial charge is 0.260 e. The van der Waals surface area contributed by atoms with Crippen molar-refractivity contribution in [2.45, 2.75) is 58.0 Å². The summed E-state index contributed by atoms with van der Waals surface area (Å²) in [6.07, 6.45) is 8.87. The van der Waals surface area contributed by atoms with Crippen LogP contribution < -0.4 is 4.74 Å². The fourth-order valence-electron chi connectivity index (χ4n) is 5.12. The van der Waals surface area contributed by atoms with Gasteiger partial charge in [-0.25, -0.2) is 0 Å². The highest BCUT2D eigenvalue weighted by Gasteiger charge is 2.35. The summed E-state index contributed by atoms with van der Waals surface area (Å²) >= 11 is 0. The predicted octanol–water partition coefficient (Wildman–Crippen LogP) is 4.04. The highest BCUT2D eigenvalue weighted by Crippen LogP contribution is 2.42. The first-order valence-electron chi connectivity index (χ1n) is 12.6. The Morgan fingerprint density at radius 2 is 1.85 bits per heavy atom. The van der Waals surface area contributed by atoms with Crippen LogP contribution in [0.3, 0.4) is 0 Å². The molecule has 1 saturated heterocycles. The third kappa shape index (κ3) is 6.93. The molecule has 3 saturated carbocycles. The molecule has 1 amide bonds. The Morgan fingerprint density at radius 1 is 1.09 bits per heavy atom. The van der Waals surface area contributed by atoms with Gasteiger partial charge in [0, 0.05) is 19.5 Å². The quantitative estimate of drug-likeness (QED) is 0.284. The minimum Gasteiger partial charge on any atom is -0.484 e. The van der Waals surface area contributed by atoms with E-state index in [1.54, 1.807) is 4.90 Å². The summed E-state index contributed by atoms with van der Waals surface area (Å²) in [7, 11) is 0. The zero-order valence-electron chi connectivity index (χ0n) is 19.9. The molecule has 5 rings (SSSR count). The normalized spacial score (nSPS) is 25.2. The molecule has 0 aromatic heterocycles. The third-order valence-corrected chi connectivity index (χ3v) is 7.12. The second-order valence-corrected chi connectivity index (χ2v) is 9.31. The lowest BCUT2D eigenvalue weighted by Crippen LogP contribution is -2.42. The second-order valence-electron chi connectivity index (χ2n) is 9.31.